The molecule has 0 fully saturated rings. The largest absolute Gasteiger partial charge is 0.496 e. The van der Waals surface area contributed by atoms with E-state index in [1.54, 1.807) is 19.2 Å². The van der Waals surface area contributed by atoms with Crippen LogP contribution in [0.1, 0.15) is 10.5 Å². The summed E-state index contributed by atoms with van der Waals surface area (Å²) in [6, 6.07) is 6.73. The smallest absolute Gasteiger partial charge is 0.354 e. The summed E-state index contributed by atoms with van der Waals surface area (Å²) < 4.78 is 6.08. The Labute approximate surface area is 124 Å². The Morgan fingerprint density at radius 2 is 2.10 bits per heavy atom. The average molecular weight is 338 g/mol. The molecule has 0 amide bonds. The first-order valence-electron chi connectivity index (χ1n) is 5.69. The van der Waals surface area contributed by atoms with Gasteiger partial charge in [0.05, 0.1) is 12.7 Å². The lowest BCUT2D eigenvalue weighted by atomic mass is 10.2. The van der Waals surface area contributed by atoms with Gasteiger partial charge in [0.15, 0.2) is 11.5 Å². The number of benzene rings is 1. The summed E-state index contributed by atoms with van der Waals surface area (Å²) in [7, 11) is 3.20. The molecule has 0 spiro atoms. The molecule has 7 heteroatoms. The van der Waals surface area contributed by atoms with Crippen molar-refractivity contribution in [2.24, 2.45) is 0 Å². The van der Waals surface area contributed by atoms with E-state index in [2.05, 4.69) is 31.2 Å². The SMILES string of the molecule is CNc1cc(C(=O)O)nc(-c2cc(Br)ccc2OC)n1. The minimum Gasteiger partial charge on any atom is -0.496 e. The number of ether oxygens (including phenoxy) is 1. The number of carboxylic acid groups (broad SMARTS) is 1. The molecule has 0 bridgehead atoms. The van der Waals surface area contributed by atoms with Crippen molar-refractivity contribution in [1.82, 2.24) is 9.97 Å². The van der Waals surface area contributed by atoms with E-state index in [1.165, 1.54) is 13.2 Å². The summed E-state index contributed by atoms with van der Waals surface area (Å²) in [5.41, 5.74) is 0.530. The standard InChI is InChI=1S/C13H12BrN3O3/c1-15-11-6-9(13(18)19)16-12(17-11)8-5-7(14)3-4-10(8)20-2/h3-6H,1-2H3,(H,18,19)(H,15,16,17). The quantitative estimate of drug-likeness (QED) is 0.892. The maximum atomic E-state index is 11.1. The van der Waals surface area contributed by atoms with E-state index < -0.39 is 5.97 Å². The van der Waals surface area contributed by atoms with E-state index in [0.29, 0.717) is 17.1 Å². The first kappa shape index (κ1) is 14.3. The zero-order valence-electron chi connectivity index (χ0n) is 10.8. The number of methoxy groups -OCH3 is 1. The maximum Gasteiger partial charge on any atom is 0.354 e. The fourth-order valence-corrected chi connectivity index (χ4v) is 2.02. The normalized spacial score (nSPS) is 10.2. The van der Waals surface area contributed by atoms with Crippen molar-refractivity contribution in [1.29, 1.82) is 0 Å². The fraction of sp³-hybridized carbons (Fsp3) is 0.154. The highest BCUT2D eigenvalue weighted by atomic mass is 79.9. The molecule has 1 aromatic carbocycles. The van der Waals surface area contributed by atoms with Gasteiger partial charge in [0.2, 0.25) is 0 Å². The van der Waals surface area contributed by atoms with E-state index in [9.17, 15) is 4.79 Å². The highest BCUT2D eigenvalue weighted by molar-refractivity contribution is 9.10. The molecule has 0 radical (unpaired) electrons. The highest BCUT2D eigenvalue weighted by Crippen LogP contribution is 2.31. The summed E-state index contributed by atoms with van der Waals surface area (Å²) in [5.74, 6) is 0.165. The van der Waals surface area contributed by atoms with Crippen molar-refractivity contribution in [2.45, 2.75) is 0 Å². The van der Waals surface area contributed by atoms with Crippen molar-refractivity contribution >= 4 is 27.7 Å². The Hall–Kier alpha value is -2.15. The Kier molecular flexibility index (Phi) is 4.19. The molecule has 1 heterocycles. The number of nitrogens with one attached hydrogen (secondary N) is 1. The van der Waals surface area contributed by atoms with Crippen LogP contribution in [0.15, 0.2) is 28.7 Å². The number of carbonyl (C=O) groups is 1. The molecule has 0 atom stereocenters. The van der Waals surface area contributed by atoms with Gasteiger partial charge in [0.1, 0.15) is 11.6 Å². The molecule has 0 saturated carbocycles. The third-order valence-corrected chi connectivity index (χ3v) is 3.10. The number of aromatic carboxylic acids is 1. The number of anilines is 1. The molecular weight excluding hydrogens is 326 g/mol. The molecule has 6 nitrogen and oxygen atoms in total. The molecule has 2 aromatic rings. The third-order valence-electron chi connectivity index (χ3n) is 2.60. The number of aromatic nitrogens is 2. The molecule has 0 saturated heterocycles. The number of rotatable bonds is 4. The topological polar surface area (TPSA) is 84.3 Å². The van der Waals surface area contributed by atoms with Crippen LogP contribution in [0.2, 0.25) is 0 Å². The van der Waals surface area contributed by atoms with E-state index in [1.807, 2.05) is 6.07 Å². The lowest BCUT2D eigenvalue weighted by Crippen LogP contribution is -2.06. The molecule has 2 rings (SSSR count). The predicted octanol–water partition coefficient (Wildman–Crippen LogP) is 2.65. The van der Waals surface area contributed by atoms with Gasteiger partial charge < -0.3 is 15.2 Å². The highest BCUT2D eigenvalue weighted by Gasteiger charge is 2.15. The van der Waals surface area contributed by atoms with Gasteiger partial charge in [-0.3, -0.25) is 0 Å². The average Bonchev–Trinajstić information content (AvgIpc) is 2.46. The van der Waals surface area contributed by atoms with Gasteiger partial charge in [0.25, 0.3) is 0 Å². The van der Waals surface area contributed by atoms with Crippen LogP contribution in [0.25, 0.3) is 11.4 Å². The third kappa shape index (κ3) is 2.88. The number of nitrogens with zero attached hydrogens (tertiary/aromatic N) is 2. The van der Waals surface area contributed by atoms with Crippen LogP contribution >= 0.6 is 15.9 Å². The van der Waals surface area contributed by atoms with Crippen LogP contribution in [0, 0.1) is 0 Å². The first-order valence-corrected chi connectivity index (χ1v) is 6.48. The van der Waals surface area contributed by atoms with Gasteiger partial charge in [-0.15, -0.1) is 0 Å². The van der Waals surface area contributed by atoms with Crippen molar-refractivity contribution in [2.75, 3.05) is 19.5 Å². The molecule has 2 N–H and O–H groups in total. The second-order valence-corrected chi connectivity index (χ2v) is 4.78. The van der Waals surface area contributed by atoms with Gasteiger partial charge in [-0.25, -0.2) is 14.8 Å². The number of carboxylic acids is 1. The zero-order chi connectivity index (χ0) is 14.7. The Bertz CT molecular complexity index is 661. The van der Waals surface area contributed by atoms with E-state index in [-0.39, 0.29) is 11.5 Å². The summed E-state index contributed by atoms with van der Waals surface area (Å²) in [6.45, 7) is 0. The van der Waals surface area contributed by atoms with Crippen LogP contribution in [-0.2, 0) is 0 Å². The lowest BCUT2D eigenvalue weighted by Gasteiger charge is -2.10. The Balaban J connectivity index is 2.65. The van der Waals surface area contributed by atoms with E-state index in [0.717, 1.165) is 4.47 Å². The monoisotopic (exact) mass is 337 g/mol. The van der Waals surface area contributed by atoms with E-state index >= 15 is 0 Å². The Morgan fingerprint density at radius 3 is 2.70 bits per heavy atom. The fourth-order valence-electron chi connectivity index (χ4n) is 1.66. The lowest BCUT2D eigenvalue weighted by molar-refractivity contribution is 0.0690. The van der Waals surface area contributed by atoms with Crippen molar-refractivity contribution in [3.63, 3.8) is 0 Å². The molecule has 0 unspecified atom stereocenters. The van der Waals surface area contributed by atoms with Crippen LogP contribution < -0.4 is 10.1 Å². The van der Waals surface area contributed by atoms with Crippen molar-refractivity contribution < 1.29 is 14.6 Å². The minimum atomic E-state index is -1.11. The van der Waals surface area contributed by atoms with Gasteiger partial charge >= 0.3 is 5.97 Å². The molecule has 20 heavy (non-hydrogen) atoms. The second kappa shape index (κ2) is 5.87. The molecule has 0 aliphatic heterocycles. The summed E-state index contributed by atoms with van der Waals surface area (Å²) in [5, 5.41) is 11.9. The van der Waals surface area contributed by atoms with Crippen LogP contribution in [0.3, 0.4) is 0 Å². The Morgan fingerprint density at radius 1 is 1.35 bits per heavy atom. The van der Waals surface area contributed by atoms with Gasteiger partial charge in [-0.05, 0) is 18.2 Å². The number of hydrogen-bond donors (Lipinski definition) is 2. The number of halogens is 1. The molecule has 1 aromatic heterocycles. The molecule has 0 aliphatic carbocycles. The van der Waals surface area contributed by atoms with Crippen LogP contribution in [-0.4, -0.2) is 35.2 Å². The minimum absolute atomic E-state index is 0.0821. The van der Waals surface area contributed by atoms with Crippen molar-refractivity contribution in [3.8, 4) is 17.1 Å². The zero-order valence-corrected chi connectivity index (χ0v) is 12.4. The molecule has 104 valence electrons. The summed E-state index contributed by atoms with van der Waals surface area (Å²) in [6.07, 6.45) is 0. The van der Waals surface area contributed by atoms with Gasteiger partial charge in [-0.2, -0.15) is 0 Å². The van der Waals surface area contributed by atoms with Crippen LogP contribution in [0.4, 0.5) is 5.82 Å². The second-order valence-electron chi connectivity index (χ2n) is 3.86. The summed E-state index contributed by atoms with van der Waals surface area (Å²) >= 11 is 3.36. The first-order chi connectivity index (χ1) is 9.55. The van der Waals surface area contributed by atoms with Crippen molar-refractivity contribution in [3.05, 3.63) is 34.4 Å². The van der Waals surface area contributed by atoms with E-state index in [4.69, 9.17) is 9.84 Å². The predicted molar refractivity (Wildman–Crippen MR) is 78.2 cm³/mol. The number of hydrogen-bond acceptors (Lipinski definition) is 5. The maximum absolute atomic E-state index is 11.1. The molecule has 0 aliphatic rings. The van der Waals surface area contributed by atoms with Gasteiger partial charge in [0, 0.05) is 17.6 Å². The summed E-state index contributed by atoms with van der Waals surface area (Å²) in [4.78, 5) is 19.4. The van der Waals surface area contributed by atoms with Gasteiger partial charge in [-0.1, -0.05) is 15.9 Å². The van der Waals surface area contributed by atoms with Crippen LogP contribution in [0.5, 0.6) is 5.75 Å². The molecular formula is C13H12BrN3O3.